The average molecular weight is 248 g/mol. The third-order valence-corrected chi connectivity index (χ3v) is 4.89. The summed E-state index contributed by atoms with van der Waals surface area (Å²) in [5.41, 5.74) is 5.86. The van der Waals surface area contributed by atoms with Gasteiger partial charge in [-0.2, -0.15) is 0 Å². The molecule has 0 aromatic carbocycles. The minimum absolute atomic E-state index is 0.00326. The van der Waals surface area contributed by atoms with Gasteiger partial charge in [0.2, 0.25) is 10.0 Å². The summed E-state index contributed by atoms with van der Waals surface area (Å²) in [7, 11) is -3.14. The first-order valence-corrected chi connectivity index (χ1v) is 7.86. The van der Waals surface area contributed by atoms with Gasteiger partial charge in [0, 0.05) is 12.6 Å². The number of hydrogen-bond acceptors (Lipinski definition) is 3. The van der Waals surface area contributed by atoms with Gasteiger partial charge in [0.25, 0.3) is 0 Å². The molecule has 1 aliphatic rings. The molecule has 0 spiro atoms. The summed E-state index contributed by atoms with van der Waals surface area (Å²) >= 11 is 0. The van der Waals surface area contributed by atoms with Crippen molar-refractivity contribution < 1.29 is 8.42 Å². The molecule has 0 amide bonds. The predicted molar refractivity (Wildman–Crippen MR) is 66.6 cm³/mol. The molecule has 0 aromatic rings. The van der Waals surface area contributed by atoms with Crippen LogP contribution in [0.25, 0.3) is 0 Å². The minimum atomic E-state index is -3.14. The first-order valence-electron chi connectivity index (χ1n) is 6.21. The summed E-state index contributed by atoms with van der Waals surface area (Å²) in [6.07, 6.45) is 4.11. The highest BCUT2D eigenvalue weighted by Crippen LogP contribution is 2.31. The van der Waals surface area contributed by atoms with Crippen LogP contribution in [-0.2, 0) is 10.0 Å². The van der Waals surface area contributed by atoms with Gasteiger partial charge in [-0.3, -0.25) is 0 Å². The van der Waals surface area contributed by atoms with E-state index >= 15 is 0 Å². The molecule has 0 saturated heterocycles. The van der Waals surface area contributed by atoms with E-state index in [1.54, 1.807) is 0 Å². The van der Waals surface area contributed by atoms with Crippen molar-refractivity contribution in [3.8, 4) is 0 Å². The summed E-state index contributed by atoms with van der Waals surface area (Å²) in [5.74, 6) is 1.03. The number of sulfonamides is 1. The Labute approximate surface area is 99.0 Å². The van der Waals surface area contributed by atoms with Crippen molar-refractivity contribution in [1.29, 1.82) is 0 Å². The van der Waals surface area contributed by atoms with Gasteiger partial charge < -0.3 is 5.73 Å². The van der Waals surface area contributed by atoms with Crippen LogP contribution in [0, 0.1) is 11.8 Å². The zero-order chi connectivity index (χ0) is 12.2. The Morgan fingerprint density at radius 1 is 1.31 bits per heavy atom. The van der Waals surface area contributed by atoms with E-state index in [1.165, 1.54) is 0 Å². The highest BCUT2D eigenvalue weighted by atomic mass is 32.2. The van der Waals surface area contributed by atoms with Crippen LogP contribution in [0.1, 0.15) is 39.5 Å². The molecule has 16 heavy (non-hydrogen) atoms. The molecular formula is C11H24N2O2S. The van der Waals surface area contributed by atoms with E-state index in [2.05, 4.69) is 4.72 Å². The maximum Gasteiger partial charge on any atom is 0.211 e. The standard InChI is InChI=1S/C11H24N2O2S/c1-3-9(4-2)8-16(14,15)13-7-11(12)10-5-6-10/h9-11,13H,3-8,12H2,1-2H3. The number of hydrogen-bond donors (Lipinski definition) is 2. The average Bonchev–Trinajstić information content (AvgIpc) is 3.06. The minimum Gasteiger partial charge on any atom is -0.326 e. The Morgan fingerprint density at radius 2 is 1.88 bits per heavy atom. The smallest absolute Gasteiger partial charge is 0.211 e. The molecule has 0 bridgehead atoms. The van der Waals surface area contributed by atoms with Crippen LogP contribution in [-0.4, -0.2) is 26.8 Å². The van der Waals surface area contributed by atoms with Gasteiger partial charge in [-0.25, -0.2) is 13.1 Å². The van der Waals surface area contributed by atoms with Crippen LogP contribution >= 0.6 is 0 Å². The van der Waals surface area contributed by atoms with Crippen LogP contribution in [0.3, 0.4) is 0 Å². The van der Waals surface area contributed by atoms with Crippen LogP contribution in [0.15, 0.2) is 0 Å². The van der Waals surface area contributed by atoms with Gasteiger partial charge in [0.15, 0.2) is 0 Å². The molecule has 4 nitrogen and oxygen atoms in total. The molecule has 1 fully saturated rings. The molecule has 0 aromatic heterocycles. The van der Waals surface area contributed by atoms with Crippen molar-refractivity contribution in [3.05, 3.63) is 0 Å². The molecule has 0 radical (unpaired) electrons. The zero-order valence-corrected chi connectivity index (χ0v) is 11.1. The highest BCUT2D eigenvalue weighted by molar-refractivity contribution is 7.89. The van der Waals surface area contributed by atoms with Gasteiger partial charge in [-0.05, 0) is 24.7 Å². The fraction of sp³-hybridized carbons (Fsp3) is 1.00. The van der Waals surface area contributed by atoms with E-state index in [4.69, 9.17) is 5.73 Å². The molecule has 1 saturated carbocycles. The quantitative estimate of drug-likeness (QED) is 0.675. The van der Waals surface area contributed by atoms with Crippen molar-refractivity contribution in [2.75, 3.05) is 12.3 Å². The number of nitrogens with two attached hydrogens (primary N) is 1. The second-order valence-electron chi connectivity index (χ2n) is 4.81. The van der Waals surface area contributed by atoms with E-state index in [1.807, 2.05) is 13.8 Å². The van der Waals surface area contributed by atoms with Crippen molar-refractivity contribution in [1.82, 2.24) is 4.72 Å². The number of nitrogens with one attached hydrogen (secondary N) is 1. The summed E-state index contributed by atoms with van der Waals surface area (Å²) < 4.78 is 26.1. The summed E-state index contributed by atoms with van der Waals surface area (Å²) in [4.78, 5) is 0. The Hall–Kier alpha value is -0.130. The molecule has 0 aliphatic heterocycles. The van der Waals surface area contributed by atoms with E-state index in [-0.39, 0.29) is 17.7 Å². The fourth-order valence-corrected chi connectivity index (χ4v) is 3.46. The molecule has 5 heteroatoms. The number of rotatable bonds is 8. The molecule has 96 valence electrons. The second-order valence-corrected chi connectivity index (χ2v) is 6.67. The van der Waals surface area contributed by atoms with E-state index in [0.29, 0.717) is 12.5 Å². The van der Waals surface area contributed by atoms with Crippen LogP contribution < -0.4 is 10.5 Å². The van der Waals surface area contributed by atoms with Crippen molar-refractivity contribution in [2.24, 2.45) is 17.6 Å². The molecule has 1 atom stereocenters. The van der Waals surface area contributed by atoms with Crippen molar-refractivity contribution in [2.45, 2.75) is 45.6 Å². The highest BCUT2D eigenvalue weighted by Gasteiger charge is 2.29. The lowest BCUT2D eigenvalue weighted by atomic mass is 10.1. The third kappa shape index (κ3) is 4.80. The first kappa shape index (κ1) is 13.9. The third-order valence-electron chi connectivity index (χ3n) is 3.38. The van der Waals surface area contributed by atoms with Gasteiger partial charge in [-0.15, -0.1) is 0 Å². The van der Waals surface area contributed by atoms with E-state index < -0.39 is 10.0 Å². The monoisotopic (exact) mass is 248 g/mol. The predicted octanol–water partition coefficient (Wildman–Crippen LogP) is 1.08. The fourth-order valence-electron chi connectivity index (χ4n) is 1.81. The van der Waals surface area contributed by atoms with E-state index in [0.717, 1.165) is 25.7 Å². The largest absolute Gasteiger partial charge is 0.326 e. The van der Waals surface area contributed by atoms with Gasteiger partial charge in [0.1, 0.15) is 0 Å². The first-order chi connectivity index (χ1) is 7.48. The zero-order valence-electron chi connectivity index (χ0n) is 10.3. The summed E-state index contributed by atoms with van der Waals surface area (Å²) in [5, 5.41) is 0. The Balaban J connectivity index is 2.32. The molecule has 0 heterocycles. The second kappa shape index (κ2) is 5.98. The lowest BCUT2D eigenvalue weighted by Crippen LogP contribution is -2.40. The van der Waals surface area contributed by atoms with Gasteiger partial charge >= 0.3 is 0 Å². The molecule has 1 rings (SSSR count). The molecule has 3 N–H and O–H groups in total. The lowest BCUT2D eigenvalue weighted by Gasteiger charge is -2.15. The Morgan fingerprint density at radius 3 is 2.31 bits per heavy atom. The molecule has 1 aliphatic carbocycles. The lowest BCUT2D eigenvalue weighted by molar-refractivity contribution is 0.508. The Kier molecular flexibility index (Phi) is 5.21. The normalized spacial score (nSPS) is 19.0. The van der Waals surface area contributed by atoms with Gasteiger partial charge in [0.05, 0.1) is 5.75 Å². The maximum absolute atomic E-state index is 11.7. The van der Waals surface area contributed by atoms with Crippen LogP contribution in [0.4, 0.5) is 0 Å². The van der Waals surface area contributed by atoms with Crippen molar-refractivity contribution in [3.63, 3.8) is 0 Å². The van der Waals surface area contributed by atoms with Crippen LogP contribution in [0.2, 0.25) is 0 Å². The molecule has 1 unspecified atom stereocenters. The van der Waals surface area contributed by atoms with Gasteiger partial charge in [-0.1, -0.05) is 26.7 Å². The summed E-state index contributed by atoms with van der Waals surface area (Å²) in [6.45, 7) is 4.45. The van der Waals surface area contributed by atoms with E-state index in [9.17, 15) is 8.42 Å². The maximum atomic E-state index is 11.7. The summed E-state index contributed by atoms with van der Waals surface area (Å²) in [6, 6.07) is -0.00326. The van der Waals surface area contributed by atoms with Crippen molar-refractivity contribution >= 4 is 10.0 Å². The SMILES string of the molecule is CCC(CC)CS(=O)(=O)NCC(N)C1CC1. The molecular weight excluding hydrogens is 224 g/mol. The Bertz CT molecular complexity index is 295. The van der Waals surface area contributed by atoms with Crippen LogP contribution in [0.5, 0.6) is 0 Å². The topological polar surface area (TPSA) is 72.2 Å².